The van der Waals surface area contributed by atoms with Crippen molar-refractivity contribution in [3.8, 4) is 0 Å². The van der Waals surface area contributed by atoms with Crippen LogP contribution in [0.15, 0.2) is 54.6 Å². The van der Waals surface area contributed by atoms with Crippen LogP contribution in [-0.2, 0) is 13.0 Å². The van der Waals surface area contributed by atoms with Gasteiger partial charge in [-0.3, -0.25) is 0 Å². The summed E-state index contributed by atoms with van der Waals surface area (Å²) >= 11 is 0. The van der Waals surface area contributed by atoms with Gasteiger partial charge in [-0.1, -0.05) is 42.5 Å². The highest BCUT2D eigenvalue weighted by atomic mass is 35.5. The van der Waals surface area contributed by atoms with Crippen molar-refractivity contribution in [2.75, 3.05) is 0 Å². The van der Waals surface area contributed by atoms with E-state index in [2.05, 4.69) is 36.5 Å². The van der Waals surface area contributed by atoms with Crippen LogP contribution in [0.5, 0.6) is 0 Å². The second-order valence-corrected chi connectivity index (χ2v) is 4.93. The van der Waals surface area contributed by atoms with Crippen molar-refractivity contribution in [2.45, 2.75) is 32.4 Å². The molecule has 1 N–H and O–H groups in total. The van der Waals surface area contributed by atoms with Crippen molar-refractivity contribution in [2.24, 2.45) is 0 Å². The summed E-state index contributed by atoms with van der Waals surface area (Å²) < 4.78 is 12.8. The molecule has 0 spiro atoms. The van der Waals surface area contributed by atoms with Crippen LogP contribution in [0.1, 0.15) is 24.5 Å². The molecule has 0 aromatic heterocycles. The highest BCUT2D eigenvalue weighted by Crippen LogP contribution is 2.06. The molecule has 0 saturated carbocycles. The number of halogens is 2. The molecule has 1 unspecified atom stereocenters. The predicted molar refractivity (Wildman–Crippen MR) is 84.7 cm³/mol. The summed E-state index contributed by atoms with van der Waals surface area (Å²) in [4.78, 5) is 0. The summed E-state index contributed by atoms with van der Waals surface area (Å²) in [6.07, 6.45) is 2.18. The molecule has 0 aliphatic heterocycles. The van der Waals surface area contributed by atoms with E-state index in [1.54, 1.807) is 0 Å². The van der Waals surface area contributed by atoms with Crippen molar-refractivity contribution in [3.05, 3.63) is 71.5 Å². The van der Waals surface area contributed by atoms with Crippen LogP contribution in [0, 0.1) is 5.82 Å². The molecule has 2 aromatic carbocycles. The molecule has 3 heteroatoms. The van der Waals surface area contributed by atoms with Gasteiger partial charge in [-0.2, -0.15) is 0 Å². The predicted octanol–water partition coefficient (Wildman–Crippen LogP) is 4.36. The molecule has 0 heterocycles. The van der Waals surface area contributed by atoms with E-state index < -0.39 is 0 Å². The normalized spacial score (nSPS) is 11.7. The fourth-order valence-corrected chi connectivity index (χ4v) is 2.02. The minimum absolute atomic E-state index is 0. The van der Waals surface area contributed by atoms with Crippen LogP contribution in [0.3, 0.4) is 0 Å². The van der Waals surface area contributed by atoms with Crippen molar-refractivity contribution >= 4 is 12.4 Å². The second kappa shape index (κ2) is 8.72. The third-order valence-electron chi connectivity index (χ3n) is 3.28. The van der Waals surface area contributed by atoms with Crippen LogP contribution < -0.4 is 5.32 Å². The molecule has 2 rings (SSSR count). The molecule has 0 amide bonds. The van der Waals surface area contributed by atoms with Gasteiger partial charge in [0, 0.05) is 12.6 Å². The zero-order chi connectivity index (χ0) is 13.5. The van der Waals surface area contributed by atoms with Crippen LogP contribution in [0.4, 0.5) is 4.39 Å². The fourth-order valence-electron chi connectivity index (χ4n) is 2.02. The van der Waals surface area contributed by atoms with Crippen LogP contribution in [0.2, 0.25) is 0 Å². The van der Waals surface area contributed by atoms with Crippen molar-refractivity contribution < 1.29 is 4.39 Å². The summed E-state index contributed by atoms with van der Waals surface area (Å²) in [5.74, 6) is -0.180. The molecule has 20 heavy (non-hydrogen) atoms. The topological polar surface area (TPSA) is 12.0 Å². The molecular formula is C17H21ClFN. The average Bonchev–Trinajstić information content (AvgIpc) is 2.45. The number of rotatable bonds is 6. The van der Waals surface area contributed by atoms with E-state index in [-0.39, 0.29) is 18.2 Å². The van der Waals surface area contributed by atoms with Gasteiger partial charge in [0.2, 0.25) is 0 Å². The first kappa shape index (κ1) is 16.7. The molecule has 0 bridgehead atoms. The highest BCUT2D eigenvalue weighted by molar-refractivity contribution is 5.85. The van der Waals surface area contributed by atoms with Crippen LogP contribution >= 0.6 is 12.4 Å². The van der Waals surface area contributed by atoms with E-state index in [9.17, 15) is 4.39 Å². The summed E-state index contributed by atoms with van der Waals surface area (Å²) in [5.41, 5.74) is 2.49. The quantitative estimate of drug-likeness (QED) is 0.834. The van der Waals surface area contributed by atoms with Crippen LogP contribution in [-0.4, -0.2) is 6.04 Å². The first-order valence-electron chi connectivity index (χ1n) is 6.76. The Balaban J connectivity index is 0.00000200. The highest BCUT2D eigenvalue weighted by Gasteiger charge is 2.02. The lowest BCUT2D eigenvalue weighted by Gasteiger charge is -2.13. The van der Waals surface area contributed by atoms with E-state index in [1.165, 1.54) is 17.7 Å². The number of benzene rings is 2. The largest absolute Gasteiger partial charge is 0.310 e. The van der Waals surface area contributed by atoms with E-state index in [0.717, 1.165) is 24.9 Å². The van der Waals surface area contributed by atoms with E-state index in [0.29, 0.717) is 6.04 Å². The summed E-state index contributed by atoms with van der Waals surface area (Å²) in [6, 6.07) is 17.6. The lowest BCUT2D eigenvalue weighted by molar-refractivity contribution is 0.513. The van der Waals surface area contributed by atoms with Gasteiger partial charge < -0.3 is 5.32 Å². The second-order valence-electron chi connectivity index (χ2n) is 4.93. The molecule has 1 atom stereocenters. The van der Waals surface area contributed by atoms with E-state index >= 15 is 0 Å². The summed E-state index contributed by atoms with van der Waals surface area (Å²) in [7, 11) is 0. The standard InChI is InChI=1S/C17H20FN.ClH/c1-14(7-8-15-5-3-2-4-6-15)19-13-16-9-11-17(18)12-10-16;/h2-6,9-12,14,19H,7-8,13H2,1H3;1H. The van der Waals surface area contributed by atoms with Gasteiger partial charge in [-0.05, 0) is 43.0 Å². The monoisotopic (exact) mass is 293 g/mol. The Kier molecular flexibility index (Phi) is 7.27. The maximum absolute atomic E-state index is 12.8. The number of hydrogen-bond acceptors (Lipinski definition) is 1. The average molecular weight is 294 g/mol. The van der Waals surface area contributed by atoms with E-state index in [4.69, 9.17) is 0 Å². The third kappa shape index (κ3) is 5.72. The molecule has 0 fully saturated rings. The zero-order valence-corrected chi connectivity index (χ0v) is 12.5. The van der Waals surface area contributed by atoms with Gasteiger partial charge >= 0.3 is 0 Å². The number of nitrogens with one attached hydrogen (secondary N) is 1. The minimum atomic E-state index is -0.180. The van der Waals surface area contributed by atoms with E-state index in [1.807, 2.05) is 18.2 Å². The number of aryl methyl sites for hydroxylation is 1. The maximum atomic E-state index is 12.8. The van der Waals surface area contributed by atoms with Crippen LogP contribution in [0.25, 0.3) is 0 Å². The van der Waals surface area contributed by atoms with Crippen molar-refractivity contribution in [1.29, 1.82) is 0 Å². The molecule has 0 aliphatic rings. The molecule has 0 radical (unpaired) electrons. The fraction of sp³-hybridized carbons (Fsp3) is 0.294. The molecule has 0 aliphatic carbocycles. The lowest BCUT2D eigenvalue weighted by Crippen LogP contribution is -2.25. The molecule has 0 saturated heterocycles. The molecule has 108 valence electrons. The Morgan fingerprint density at radius 3 is 2.25 bits per heavy atom. The molecular weight excluding hydrogens is 273 g/mol. The first-order valence-corrected chi connectivity index (χ1v) is 6.76. The minimum Gasteiger partial charge on any atom is -0.310 e. The summed E-state index contributed by atoms with van der Waals surface area (Å²) in [6.45, 7) is 2.97. The number of hydrogen-bond donors (Lipinski definition) is 1. The Hall–Kier alpha value is -1.38. The van der Waals surface area contributed by atoms with Crippen molar-refractivity contribution in [1.82, 2.24) is 5.32 Å². The van der Waals surface area contributed by atoms with Gasteiger partial charge in [0.05, 0.1) is 0 Å². The summed E-state index contributed by atoms with van der Waals surface area (Å²) in [5, 5.41) is 3.47. The molecule has 1 nitrogen and oxygen atoms in total. The Bertz CT molecular complexity index is 484. The van der Waals surface area contributed by atoms with Gasteiger partial charge in [-0.15, -0.1) is 12.4 Å². The van der Waals surface area contributed by atoms with Gasteiger partial charge in [-0.25, -0.2) is 4.39 Å². The SMILES string of the molecule is CC(CCc1ccccc1)NCc1ccc(F)cc1.Cl. The third-order valence-corrected chi connectivity index (χ3v) is 3.28. The van der Waals surface area contributed by atoms with Gasteiger partial charge in [0.1, 0.15) is 5.82 Å². The Morgan fingerprint density at radius 2 is 1.60 bits per heavy atom. The van der Waals surface area contributed by atoms with Gasteiger partial charge in [0.15, 0.2) is 0 Å². The zero-order valence-electron chi connectivity index (χ0n) is 11.7. The lowest BCUT2D eigenvalue weighted by atomic mass is 10.1. The van der Waals surface area contributed by atoms with Gasteiger partial charge in [0.25, 0.3) is 0 Å². The van der Waals surface area contributed by atoms with Crippen molar-refractivity contribution in [3.63, 3.8) is 0 Å². The smallest absolute Gasteiger partial charge is 0.123 e. The Morgan fingerprint density at radius 1 is 0.950 bits per heavy atom. The maximum Gasteiger partial charge on any atom is 0.123 e. The molecule has 2 aromatic rings. The first-order chi connectivity index (χ1) is 9.24. The Labute approximate surface area is 126 Å².